The summed E-state index contributed by atoms with van der Waals surface area (Å²) in [6.45, 7) is 6.75. The van der Waals surface area contributed by atoms with Crippen molar-refractivity contribution in [3.05, 3.63) is 24.3 Å². The molecule has 1 aromatic carbocycles. The first-order valence-corrected chi connectivity index (χ1v) is 7.53. The van der Waals surface area contributed by atoms with E-state index in [1.165, 1.54) is 0 Å². The number of benzene rings is 1. The zero-order valence-corrected chi connectivity index (χ0v) is 12.5. The van der Waals surface area contributed by atoms with Gasteiger partial charge >= 0.3 is 0 Å². The maximum absolute atomic E-state index is 9.09. The number of nitrogens with one attached hydrogen (secondary N) is 1. The molecule has 0 spiro atoms. The molecule has 1 heterocycles. The fraction of sp³-hybridized carbons (Fsp3) is 0.562. The Balaban J connectivity index is 1.74. The molecule has 0 aliphatic carbocycles. The van der Waals surface area contributed by atoms with Crippen LogP contribution in [0.15, 0.2) is 24.3 Å². The summed E-state index contributed by atoms with van der Waals surface area (Å²) in [7, 11) is 0. The number of nitriles is 1. The average molecular weight is 289 g/mol. The van der Waals surface area contributed by atoms with Crippen molar-refractivity contribution >= 4 is 0 Å². The lowest BCUT2D eigenvalue weighted by molar-refractivity contribution is 0.161. The molecule has 1 aliphatic heterocycles. The Morgan fingerprint density at radius 3 is 2.52 bits per heavy atom. The largest absolute Gasteiger partial charge is 0.494 e. The van der Waals surface area contributed by atoms with Gasteiger partial charge in [-0.2, -0.15) is 5.26 Å². The molecule has 0 bridgehead atoms. The van der Waals surface area contributed by atoms with E-state index in [0.717, 1.165) is 50.7 Å². The van der Waals surface area contributed by atoms with Crippen molar-refractivity contribution in [2.45, 2.75) is 19.4 Å². The van der Waals surface area contributed by atoms with Crippen LogP contribution in [0.3, 0.4) is 0 Å². The van der Waals surface area contributed by atoms with E-state index in [1.54, 1.807) is 0 Å². The molecule has 21 heavy (non-hydrogen) atoms. The second-order valence-electron chi connectivity index (χ2n) is 5.05. The maximum atomic E-state index is 9.09. The molecule has 0 aromatic heterocycles. The van der Waals surface area contributed by atoms with Gasteiger partial charge in [-0.15, -0.1) is 0 Å². The third-order valence-electron chi connectivity index (χ3n) is 3.45. The zero-order chi connectivity index (χ0) is 14.9. The van der Waals surface area contributed by atoms with Crippen LogP contribution in [-0.4, -0.2) is 50.3 Å². The van der Waals surface area contributed by atoms with Gasteiger partial charge in [-0.25, -0.2) is 0 Å². The highest BCUT2D eigenvalue weighted by atomic mass is 16.5. The van der Waals surface area contributed by atoms with Gasteiger partial charge in [0.25, 0.3) is 0 Å². The third kappa shape index (κ3) is 4.92. The Bertz CT molecular complexity index is 456. The second-order valence-corrected chi connectivity index (χ2v) is 5.05. The predicted octanol–water partition coefficient (Wildman–Crippen LogP) is 1.65. The normalized spacial score (nSPS) is 19.0. The number of hydrogen-bond donors (Lipinski definition) is 1. The van der Waals surface area contributed by atoms with Crippen LogP contribution in [0, 0.1) is 11.3 Å². The molecule has 0 radical (unpaired) electrons. The summed E-state index contributed by atoms with van der Waals surface area (Å²) in [4.78, 5) is 2.16. The molecule has 2 rings (SSSR count). The molecular formula is C16H23N3O2. The molecule has 1 aliphatic rings. The lowest BCUT2D eigenvalue weighted by Crippen LogP contribution is -2.51. The van der Waals surface area contributed by atoms with Crippen LogP contribution in [0.4, 0.5) is 0 Å². The van der Waals surface area contributed by atoms with E-state index in [9.17, 15) is 0 Å². The number of nitrogens with zero attached hydrogens (tertiary/aromatic N) is 2. The van der Waals surface area contributed by atoms with E-state index >= 15 is 0 Å². The Morgan fingerprint density at radius 1 is 1.24 bits per heavy atom. The van der Waals surface area contributed by atoms with Gasteiger partial charge in [-0.3, -0.25) is 4.90 Å². The average Bonchev–Trinajstić information content (AvgIpc) is 2.54. The van der Waals surface area contributed by atoms with Crippen LogP contribution in [0.25, 0.3) is 0 Å². The minimum absolute atomic E-state index is 0.0489. The van der Waals surface area contributed by atoms with Crippen molar-refractivity contribution in [1.82, 2.24) is 10.2 Å². The van der Waals surface area contributed by atoms with E-state index in [-0.39, 0.29) is 6.04 Å². The lowest BCUT2D eigenvalue weighted by atomic mass is 10.2. The Morgan fingerprint density at radius 2 is 1.90 bits per heavy atom. The number of piperazine rings is 1. The topological polar surface area (TPSA) is 57.5 Å². The highest BCUT2D eigenvalue weighted by molar-refractivity contribution is 5.31. The summed E-state index contributed by atoms with van der Waals surface area (Å²) in [6, 6.07) is 9.96. The van der Waals surface area contributed by atoms with E-state index in [4.69, 9.17) is 14.7 Å². The molecular weight excluding hydrogens is 266 g/mol. The molecule has 0 saturated carbocycles. The van der Waals surface area contributed by atoms with E-state index in [1.807, 2.05) is 24.3 Å². The van der Waals surface area contributed by atoms with Gasteiger partial charge < -0.3 is 14.8 Å². The predicted molar refractivity (Wildman–Crippen MR) is 81.6 cm³/mol. The van der Waals surface area contributed by atoms with Crippen molar-refractivity contribution in [2.75, 3.05) is 39.4 Å². The van der Waals surface area contributed by atoms with E-state index in [0.29, 0.717) is 6.61 Å². The van der Waals surface area contributed by atoms with Gasteiger partial charge in [-0.05, 0) is 30.7 Å². The van der Waals surface area contributed by atoms with Crippen LogP contribution in [0.2, 0.25) is 0 Å². The molecule has 1 N–H and O–H groups in total. The maximum Gasteiger partial charge on any atom is 0.119 e. The fourth-order valence-electron chi connectivity index (χ4n) is 2.27. The van der Waals surface area contributed by atoms with Crippen LogP contribution in [0.5, 0.6) is 11.5 Å². The number of ether oxygens (including phenoxy) is 2. The molecule has 1 unspecified atom stereocenters. The van der Waals surface area contributed by atoms with Gasteiger partial charge in [-0.1, -0.05) is 6.92 Å². The van der Waals surface area contributed by atoms with E-state index < -0.39 is 0 Å². The summed E-state index contributed by atoms with van der Waals surface area (Å²) in [6.07, 6.45) is 1.00. The molecule has 114 valence electrons. The first-order valence-electron chi connectivity index (χ1n) is 7.53. The van der Waals surface area contributed by atoms with Crippen LogP contribution < -0.4 is 14.8 Å². The van der Waals surface area contributed by atoms with Crippen molar-refractivity contribution in [3.8, 4) is 17.6 Å². The molecule has 1 saturated heterocycles. The number of hydrogen-bond acceptors (Lipinski definition) is 5. The van der Waals surface area contributed by atoms with Gasteiger partial charge in [0.2, 0.25) is 0 Å². The van der Waals surface area contributed by atoms with Crippen molar-refractivity contribution < 1.29 is 9.47 Å². The summed E-state index contributed by atoms with van der Waals surface area (Å²) in [5.41, 5.74) is 0. The number of rotatable bonds is 7. The lowest BCUT2D eigenvalue weighted by Gasteiger charge is -2.31. The summed E-state index contributed by atoms with van der Waals surface area (Å²) in [5, 5.41) is 12.3. The summed E-state index contributed by atoms with van der Waals surface area (Å²) >= 11 is 0. The first-order chi connectivity index (χ1) is 10.3. The molecule has 5 nitrogen and oxygen atoms in total. The standard InChI is InChI=1S/C16H23N3O2/c1-2-10-20-15-3-5-16(6-4-15)21-11-9-19-8-7-18-13-14(19)12-17/h3-6,14,18H,2,7-11,13H2,1H3. The van der Waals surface area contributed by atoms with Crippen molar-refractivity contribution in [2.24, 2.45) is 0 Å². The highest BCUT2D eigenvalue weighted by Gasteiger charge is 2.20. The van der Waals surface area contributed by atoms with Crippen LogP contribution >= 0.6 is 0 Å². The van der Waals surface area contributed by atoms with Crippen LogP contribution in [0.1, 0.15) is 13.3 Å². The van der Waals surface area contributed by atoms with E-state index in [2.05, 4.69) is 23.2 Å². The van der Waals surface area contributed by atoms with Crippen molar-refractivity contribution in [1.29, 1.82) is 5.26 Å². The van der Waals surface area contributed by atoms with Crippen LogP contribution in [-0.2, 0) is 0 Å². The van der Waals surface area contributed by atoms with Gasteiger partial charge in [0.15, 0.2) is 0 Å². The van der Waals surface area contributed by atoms with Gasteiger partial charge in [0, 0.05) is 26.2 Å². The smallest absolute Gasteiger partial charge is 0.119 e. The second kappa shape index (κ2) is 8.50. The zero-order valence-electron chi connectivity index (χ0n) is 12.5. The Labute approximate surface area is 126 Å². The minimum atomic E-state index is -0.0489. The SMILES string of the molecule is CCCOc1ccc(OCCN2CCNCC2C#N)cc1. The van der Waals surface area contributed by atoms with Gasteiger partial charge in [0.05, 0.1) is 12.7 Å². The molecule has 1 fully saturated rings. The third-order valence-corrected chi connectivity index (χ3v) is 3.45. The quantitative estimate of drug-likeness (QED) is 0.827. The first kappa shape index (κ1) is 15.6. The fourth-order valence-corrected chi connectivity index (χ4v) is 2.27. The molecule has 0 amide bonds. The Hall–Kier alpha value is -1.77. The molecule has 1 atom stereocenters. The van der Waals surface area contributed by atoms with Gasteiger partial charge in [0.1, 0.15) is 24.1 Å². The molecule has 1 aromatic rings. The highest BCUT2D eigenvalue weighted by Crippen LogP contribution is 2.17. The molecule has 5 heteroatoms. The minimum Gasteiger partial charge on any atom is -0.494 e. The van der Waals surface area contributed by atoms with Crippen molar-refractivity contribution in [3.63, 3.8) is 0 Å². The monoisotopic (exact) mass is 289 g/mol. The Kier molecular flexibility index (Phi) is 6.32. The summed E-state index contributed by atoms with van der Waals surface area (Å²) < 4.78 is 11.3. The summed E-state index contributed by atoms with van der Waals surface area (Å²) in [5.74, 6) is 1.71.